The first-order valence-electron chi connectivity index (χ1n) is 8.56. The van der Waals surface area contributed by atoms with E-state index in [1.165, 1.54) is 6.26 Å². The van der Waals surface area contributed by atoms with Gasteiger partial charge >= 0.3 is 6.18 Å². The number of hydrogen-bond donors (Lipinski definition) is 1. The number of likely N-dealkylation sites (tertiary alicyclic amines) is 1. The lowest BCUT2D eigenvalue weighted by Gasteiger charge is -2.36. The quantitative estimate of drug-likeness (QED) is 0.663. The fourth-order valence-electron chi connectivity index (χ4n) is 2.95. The van der Waals surface area contributed by atoms with Gasteiger partial charge in [0, 0.05) is 13.1 Å². The van der Waals surface area contributed by atoms with Crippen LogP contribution < -0.4 is 5.32 Å². The molecule has 3 heterocycles. The summed E-state index contributed by atoms with van der Waals surface area (Å²) < 4.78 is 48.9. The molecule has 1 N–H and O–H groups in total. The van der Waals surface area contributed by atoms with Crippen LogP contribution in [0.5, 0.6) is 0 Å². The zero-order valence-corrected chi connectivity index (χ0v) is 15.5. The van der Waals surface area contributed by atoms with Gasteiger partial charge in [0.25, 0.3) is 0 Å². The van der Waals surface area contributed by atoms with Gasteiger partial charge in [0.15, 0.2) is 5.76 Å². The molecular weight excluding hydrogens is 413 g/mol. The summed E-state index contributed by atoms with van der Waals surface area (Å²) in [6.07, 6.45) is -3.01. The second-order valence-corrected chi connectivity index (χ2v) is 6.97. The predicted octanol–water partition coefficient (Wildman–Crippen LogP) is 4.04. The standard InChI is InChI=1S/C18H14ClF3N4O3/c19-12-4-3-11(18(20,21)22)6-13(12)23-15(27)9-26-7-10(8-26)17-24-16(25-29-17)14-2-1-5-28-14/h1-6,10H,7-9H2,(H,23,27). The van der Waals surface area contributed by atoms with Gasteiger partial charge in [-0.25, -0.2) is 0 Å². The average molecular weight is 427 g/mol. The first-order chi connectivity index (χ1) is 13.8. The van der Waals surface area contributed by atoms with Crippen molar-refractivity contribution in [3.8, 4) is 11.6 Å². The molecule has 152 valence electrons. The average Bonchev–Trinajstić information content (AvgIpc) is 3.30. The smallest absolute Gasteiger partial charge is 0.416 e. The third kappa shape index (κ3) is 4.28. The number of amides is 1. The van der Waals surface area contributed by atoms with Crippen molar-refractivity contribution in [1.82, 2.24) is 15.0 Å². The van der Waals surface area contributed by atoms with Crippen LogP contribution in [-0.2, 0) is 11.0 Å². The monoisotopic (exact) mass is 426 g/mol. The van der Waals surface area contributed by atoms with Crippen molar-refractivity contribution >= 4 is 23.2 Å². The lowest BCUT2D eigenvalue weighted by molar-refractivity contribution is -0.137. The highest BCUT2D eigenvalue weighted by Crippen LogP contribution is 2.34. The van der Waals surface area contributed by atoms with Crippen LogP contribution in [0.15, 0.2) is 45.5 Å². The van der Waals surface area contributed by atoms with E-state index in [9.17, 15) is 18.0 Å². The minimum absolute atomic E-state index is 0.00223. The predicted molar refractivity (Wildman–Crippen MR) is 96.3 cm³/mol. The molecule has 0 bridgehead atoms. The Morgan fingerprint density at radius 1 is 1.31 bits per heavy atom. The molecule has 29 heavy (non-hydrogen) atoms. The molecule has 1 fully saturated rings. The molecule has 0 aliphatic carbocycles. The van der Waals surface area contributed by atoms with Crippen molar-refractivity contribution in [2.24, 2.45) is 0 Å². The third-order valence-corrected chi connectivity index (χ3v) is 4.75. The van der Waals surface area contributed by atoms with Crippen LogP contribution in [0.2, 0.25) is 5.02 Å². The van der Waals surface area contributed by atoms with Crippen molar-refractivity contribution < 1.29 is 26.9 Å². The maximum atomic E-state index is 12.8. The number of alkyl halides is 3. The number of nitrogens with one attached hydrogen (secondary N) is 1. The van der Waals surface area contributed by atoms with Crippen molar-refractivity contribution in [2.75, 3.05) is 25.0 Å². The second kappa shape index (κ2) is 7.53. The number of aromatic nitrogens is 2. The fraction of sp³-hybridized carbons (Fsp3) is 0.278. The second-order valence-electron chi connectivity index (χ2n) is 6.57. The summed E-state index contributed by atoms with van der Waals surface area (Å²) in [4.78, 5) is 18.3. The van der Waals surface area contributed by atoms with Crippen LogP contribution in [0.25, 0.3) is 11.6 Å². The van der Waals surface area contributed by atoms with Gasteiger partial charge in [-0.3, -0.25) is 9.69 Å². The van der Waals surface area contributed by atoms with Crippen LogP contribution in [0.1, 0.15) is 17.4 Å². The first kappa shape index (κ1) is 19.5. The molecule has 0 unspecified atom stereocenters. The van der Waals surface area contributed by atoms with Crippen LogP contribution in [-0.4, -0.2) is 40.6 Å². The number of benzene rings is 1. The number of furan rings is 1. The summed E-state index contributed by atoms with van der Waals surface area (Å²) in [5.74, 6) is 0.783. The summed E-state index contributed by atoms with van der Waals surface area (Å²) in [6, 6.07) is 6.20. The minimum atomic E-state index is -4.52. The molecule has 7 nitrogen and oxygen atoms in total. The Hall–Kier alpha value is -2.85. The van der Waals surface area contributed by atoms with Crippen molar-refractivity contribution in [3.05, 3.63) is 53.1 Å². The summed E-state index contributed by atoms with van der Waals surface area (Å²) in [5.41, 5.74) is -0.964. The van der Waals surface area contributed by atoms with Gasteiger partial charge in [-0.1, -0.05) is 16.8 Å². The van der Waals surface area contributed by atoms with E-state index >= 15 is 0 Å². The van der Waals surface area contributed by atoms with Gasteiger partial charge in [-0.2, -0.15) is 18.2 Å². The summed E-state index contributed by atoms with van der Waals surface area (Å²) in [5, 5.41) is 6.31. The van der Waals surface area contributed by atoms with Gasteiger partial charge in [-0.15, -0.1) is 0 Å². The molecule has 1 saturated heterocycles. The Morgan fingerprint density at radius 2 is 2.10 bits per heavy atom. The molecule has 2 aromatic heterocycles. The number of anilines is 1. The highest BCUT2D eigenvalue weighted by molar-refractivity contribution is 6.33. The van der Waals surface area contributed by atoms with Crippen molar-refractivity contribution in [3.63, 3.8) is 0 Å². The molecule has 0 atom stereocenters. The Labute approximate surface area is 167 Å². The lowest BCUT2D eigenvalue weighted by atomic mass is 10.0. The van der Waals surface area contributed by atoms with Gasteiger partial charge in [0.05, 0.1) is 35.0 Å². The number of carbonyl (C=O) groups is 1. The number of hydrogen-bond acceptors (Lipinski definition) is 6. The van der Waals surface area contributed by atoms with E-state index in [1.54, 1.807) is 17.0 Å². The molecule has 0 spiro atoms. The topological polar surface area (TPSA) is 84.4 Å². The fourth-order valence-corrected chi connectivity index (χ4v) is 3.12. The molecule has 0 radical (unpaired) electrons. The van der Waals surface area contributed by atoms with Crippen LogP contribution in [0, 0.1) is 0 Å². The highest BCUT2D eigenvalue weighted by atomic mass is 35.5. The molecule has 3 aromatic rings. The van der Waals surface area contributed by atoms with Crippen LogP contribution in [0.4, 0.5) is 18.9 Å². The molecule has 1 aromatic carbocycles. The van der Waals surface area contributed by atoms with E-state index < -0.39 is 17.6 Å². The zero-order chi connectivity index (χ0) is 20.6. The molecular formula is C18H14ClF3N4O3. The lowest BCUT2D eigenvalue weighted by Crippen LogP contribution is -2.48. The Kier molecular flexibility index (Phi) is 5.05. The van der Waals surface area contributed by atoms with Gasteiger partial charge in [0.2, 0.25) is 17.6 Å². The van der Waals surface area contributed by atoms with Gasteiger partial charge in [0.1, 0.15) is 0 Å². The number of rotatable bonds is 5. The first-order valence-corrected chi connectivity index (χ1v) is 8.94. The number of nitrogens with zero attached hydrogens (tertiary/aromatic N) is 3. The van der Waals surface area contributed by atoms with E-state index in [4.69, 9.17) is 20.5 Å². The maximum Gasteiger partial charge on any atom is 0.416 e. The Balaban J connectivity index is 1.31. The summed E-state index contributed by atoms with van der Waals surface area (Å²) in [7, 11) is 0. The molecule has 11 heteroatoms. The van der Waals surface area contributed by atoms with E-state index in [0.29, 0.717) is 30.6 Å². The highest BCUT2D eigenvalue weighted by Gasteiger charge is 2.34. The molecule has 0 saturated carbocycles. The Bertz CT molecular complexity index is 1010. The van der Waals surface area contributed by atoms with Crippen LogP contribution >= 0.6 is 11.6 Å². The third-order valence-electron chi connectivity index (χ3n) is 4.42. The van der Waals surface area contributed by atoms with E-state index in [0.717, 1.165) is 18.2 Å². The molecule has 4 rings (SSSR count). The number of halogens is 4. The molecule has 1 aliphatic heterocycles. The number of carbonyl (C=O) groups excluding carboxylic acids is 1. The Morgan fingerprint density at radius 3 is 2.79 bits per heavy atom. The van der Waals surface area contributed by atoms with Crippen molar-refractivity contribution in [1.29, 1.82) is 0 Å². The summed E-state index contributed by atoms with van der Waals surface area (Å²) in [6.45, 7) is 1.01. The maximum absolute atomic E-state index is 12.8. The summed E-state index contributed by atoms with van der Waals surface area (Å²) >= 11 is 5.89. The van der Waals surface area contributed by atoms with Gasteiger partial charge in [-0.05, 0) is 30.3 Å². The SMILES string of the molecule is O=C(CN1CC(c2nc(-c3ccco3)no2)C1)Nc1cc(C(F)(F)F)ccc1Cl. The van der Waals surface area contributed by atoms with Gasteiger partial charge < -0.3 is 14.3 Å². The minimum Gasteiger partial charge on any atom is -0.461 e. The van der Waals surface area contributed by atoms with E-state index in [-0.39, 0.29) is 23.2 Å². The molecule has 1 aliphatic rings. The van der Waals surface area contributed by atoms with E-state index in [2.05, 4.69) is 15.5 Å². The normalized spacial score (nSPS) is 15.3. The van der Waals surface area contributed by atoms with Crippen molar-refractivity contribution in [2.45, 2.75) is 12.1 Å². The molecule has 1 amide bonds. The zero-order valence-electron chi connectivity index (χ0n) is 14.7. The van der Waals surface area contributed by atoms with E-state index in [1.807, 2.05) is 0 Å². The largest absolute Gasteiger partial charge is 0.461 e. The van der Waals surface area contributed by atoms with Crippen LogP contribution in [0.3, 0.4) is 0 Å².